The van der Waals surface area contributed by atoms with Gasteiger partial charge in [0.1, 0.15) is 11.6 Å². The average Bonchev–Trinajstić information content (AvgIpc) is 2.81. The van der Waals surface area contributed by atoms with E-state index in [2.05, 4.69) is 9.97 Å². The van der Waals surface area contributed by atoms with Crippen LogP contribution in [0.3, 0.4) is 0 Å². The van der Waals surface area contributed by atoms with Gasteiger partial charge in [-0.25, -0.2) is 19.8 Å². The van der Waals surface area contributed by atoms with Gasteiger partial charge in [-0.05, 0) is 73.5 Å². The van der Waals surface area contributed by atoms with Gasteiger partial charge in [-0.15, -0.1) is 0 Å². The lowest BCUT2D eigenvalue weighted by molar-refractivity contribution is 0.0871. The maximum Gasteiger partial charge on any atom is 0.267 e. The molecule has 8 heteroatoms. The monoisotopic (exact) mass is 448 g/mol. The van der Waals surface area contributed by atoms with Crippen LogP contribution in [0.2, 0.25) is 0 Å². The van der Waals surface area contributed by atoms with Crippen LogP contribution in [0.4, 0.5) is 11.6 Å². The number of amides is 4. The molecule has 0 N–H and O–H groups in total. The molecule has 0 atom stereocenters. The third-order valence-electron chi connectivity index (χ3n) is 6.15. The van der Waals surface area contributed by atoms with Crippen molar-refractivity contribution in [3.8, 4) is 0 Å². The Hall–Kier alpha value is -4.72. The Morgan fingerprint density at radius 3 is 1.15 bits per heavy atom. The van der Waals surface area contributed by atoms with E-state index in [0.717, 1.165) is 20.9 Å². The number of hydrogen-bond donors (Lipinski definition) is 0. The molecule has 4 aromatic rings. The minimum Gasteiger partial charge on any atom is -0.268 e. The van der Waals surface area contributed by atoms with Gasteiger partial charge in [0.2, 0.25) is 0 Å². The molecule has 2 aliphatic heterocycles. The summed E-state index contributed by atoms with van der Waals surface area (Å²) in [7, 11) is 0. The van der Waals surface area contributed by atoms with Crippen molar-refractivity contribution in [3.63, 3.8) is 0 Å². The van der Waals surface area contributed by atoms with E-state index in [9.17, 15) is 19.2 Å². The number of rotatable bonds is 2. The highest BCUT2D eigenvalue weighted by molar-refractivity contribution is 6.41. The van der Waals surface area contributed by atoms with E-state index in [1.807, 2.05) is 13.8 Å². The summed E-state index contributed by atoms with van der Waals surface area (Å²) in [6.45, 7) is 3.69. The average molecular weight is 448 g/mol. The molecule has 0 bridgehead atoms. The van der Waals surface area contributed by atoms with Crippen molar-refractivity contribution in [2.75, 3.05) is 9.80 Å². The van der Waals surface area contributed by atoms with Crippen LogP contribution in [0.15, 0.2) is 60.9 Å². The summed E-state index contributed by atoms with van der Waals surface area (Å²) in [5.41, 5.74) is 2.65. The highest BCUT2D eigenvalue weighted by Crippen LogP contribution is 2.39. The van der Waals surface area contributed by atoms with Crippen LogP contribution in [-0.2, 0) is 0 Å². The number of aryl methyl sites for hydroxylation is 2. The topological polar surface area (TPSA) is 101 Å². The molecule has 0 saturated carbocycles. The quantitative estimate of drug-likeness (QED) is 0.432. The fraction of sp³-hybridized carbons (Fsp3) is 0.0769. The second-order valence-electron chi connectivity index (χ2n) is 8.35. The molecule has 4 heterocycles. The number of carbonyl (C=O) groups excluding carboxylic acids is 4. The van der Waals surface area contributed by atoms with E-state index in [4.69, 9.17) is 0 Å². The van der Waals surface area contributed by atoms with Crippen molar-refractivity contribution in [1.29, 1.82) is 0 Å². The Labute approximate surface area is 193 Å². The number of imide groups is 2. The Bertz CT molecular complexity index is 1430. The standard InChI is InChI=1S/C26H16N4O4/c1-13-7-9-27-19(11-13)29-23(31)15-3-5-17-22-18(6-4-16(21(15)22)24(29)32)26(34)30(25(17)33)20-12-14(2)8-10-28-20/h3-12H,1-2H3. The summed E-state index contributed by atoms with van der Waals surface area (Å²) in [6.07, 6.45) is 3.07. The Balaban J connectivity index is 1.57. The predicted octanol–water partition coefficient (Wildman–Crippen LogP) is 3.85. The molecule has 2 aromatic carbocycles. The molecule has 8 nitrogen and oxygen atoms in total. The maximum absolute atomic E-state index is 13.4. The van der Waals surface area contributed by atoms with E-state index < -0.39 is 23.6 Å². The highest BCUT2D eigenvalue weighted by atomic mass is 16.2. The molecule has 6 rings (SSSR count). The van der Waals surface area contributed by atoms with Crippen LogP contribution in [0.25, 0.3) is 10.8 Å². The number of carbonyl (C=O) groups is 4. The Kier molecular flexibility index (Phi) is 4.04. The molecule has 0 fully saturated rings. The SMILES string of the molecule is Cc1ccnc(N2C(=O)c3ccc4c5c(ccc(c35)C2=O)C(=O)N(c2cc(C)ccn2)C4=O)c1. The van der Waals surface area contributed by atoms with E-state index in [-0.39, 0.29) is 33.9 Å². The van der Waals surface area contributed by atoms with Crippen molar-refractivity contribution in [3.05, 3.63) is 94.3 Å². The first-order valence-corrected chi connectivity index (χ1v) is 10.6. The fourth-order valence-electron chi connectivity index (χ4n) is 4.58. The van der Waals surface area contributed by atoms with Gasteiger partial charge in [-0.1, -0.05) is 0 Å². The highest BCUT2D eigenvalue weighted by Gasteiger charge is 2.41. The molecular weight excluding hydrogens is 432 g/mol. The summed E-state index contributed by atoms with van der Waals surface area (Å²) < 4.78 is 0. The smallest absolute Gasteiger partial charge is 0.267 e. The second kappa shape index (κ2) is 6.89. The van der Waals surface area contributed by atoms with Crippen molar-refractivity contribution in [1.82, 2.24) is 9.97 Å². The van der Waals surface area contributed by atoms with Gasteiger partial charge in [0.05, 0.1) is 0 Å². The van der Waals surface area contributed by atoms with Gasteiger partial charge >= 0.3 is 0 Å². The van der Waals surface area contributed by atoms with Gasteiger partial charge in [0.25, 0.3) is 23.6 Å². The summed E-state index contributed by atoms with van der Waals surface area (Å²) >= 11 is 0. The molecule has 0 spiro atoms. The first-order valence-electron chi connectivity index (χ1n) is 10.6. The second-order valence-corrected chi connectivity index (χ2v) is 8.35. The first kappa shape index (κ1) is 19.9. The van der Waals surface area contributed by atoms with Gasteiger partial charge in [-0.2, -0.15) is 0 Å². The van der Waals surface area contributed by atoms with Crippen molar-refractivity contribution in [2.24, 2.45) is 0 Å². The van der Waals surface area contributed by atoms with E-state index in [1.54, 1.807) is 24.3 Å². The number of hydrogen-bond acceptors (Lipinski definition) is 6. The van der Waals surface area contributed by atoms with Gasteiger partial charge < -0.3 is 0 Å². The number of benzene rings is 2. The number of nitrogens with zero attached hydrogens (tertiary/aromatic N) is 4. The van der Waals surface area contributed by atoms with Crippen LogP contribution >= 0.6 is 0 Å². The van der Waals surface area contributed by atoms with E-state index in [0.29, 0.717) is 10.8 Å². The fourth-order valence-corrected chi connectivity index (χ4v) is 4.58. The van der Waals surface area contributed by atoms with Crippen LogP contribution < -0.4 is 9.80 Å². The largest absolute Gasteiger partial charge is 0.268 e. The van der Waals surface area contributed by atoms with Crippen LogP contribution in [-0.4, -0.2) is 33.6 Å². The molecule has 34 heavy (non-hydrogen) atoms. The zero-order valence-corrected chi connectivity index (χ0v) is 18.2. The Morgan fingerprint density at radius 2 is 0.853 bits per heavy atom. The lowest BCUT2D eigenvalue weighted by Crippen LogP contribution is -2.44. The zero-order chi connectivity index (χ0) is 23.7. The molecule has 0 radical (unpaired) electrons. The van der Waals surface area contributed by atoms with E-state index in [1.165, 1.54) is 36.7 Å². The lowest BCUT2D eigenvalue weighted by atomic mass is 9.86. The third-order valence-corrected chi connectivity index (χ3v) is 6.15. The molecule has 0 saturated heterocycles. The summed E-state index contributed by atoms with van der Waals surface area (Å²) in [4.78, 5) is 64.1. The summed E-state index contributed by atoms with van der Waals surface area (Å²) in [5.74, 6) is -1.77. The predicted molar refractivity (Wildman–Crippen MR) is 124 cm³/mol. The Morgan fingerprint density at radius 1 is 0.529 bits per heavy atom. The molecule has 164 valence electrons. The normalized spacial score (nSPS) is 14.9. The maximum atomic E-state index is 13.4. The van der Waals surface area contributed by atoms with Gasteiger partial charge in [0, 0.05) is 45.4 Å². The molecule has 0 aliphatic carbocycles. The summed E-state index contributed by atoms with van der Waals surface area (Å²) in [6, 6.07) is 13.0. The van der Waals surface area contributed by atoms with Crippen molar-refractivity contribution in [2.45, 2.75) is 13.8 Å². The molecule has 2 aromatic heterocycles. The molecular formula is C26H16N4O4. The number of anilines is 2. The molecule has 0 unspecified atom stereocenters. The molecule has 2 aliphatic rings. The zero-order valence-electron chi connectivity index (χ0n) is 18.2. The van der Waals surface area contributed by atoms with Crippen molar-refractivity contribution >= 4 is 46.0 Å². The number of pyridine rings is 2. The van der Waals surface area contributed by atoms with Gasteiger partial charge in [0.15, 0.2) is 0 Å². The van der Waals surface area contributed by atoms with Gasteiger partial charge in [-0.3, -0.25) is 19.2 Å². The van der Waals surface area contributed by atoms with Crippen LogP contribution in [0, 0.1) is 13.8 Å². The number of aromatic nitrogens is 2. The summed E-state index contributed by atoms with van der Waals surface area (Å²) in [5, 5.41) is 0.625. The van der Waals surface area contributed by atoms with Crippen molar-refractivity contribution < 1.29 is 19.2 Å². The van der Waals surface area contributed by atoms with E-state index >= 15 is 0 Å². The minimum atomic E-state index is -0.554. The molecule has 4 amide bonds. The minimum absolute atomic E-state index is 0.220. The van der Waals surface area contributed by atoms with Crippen LogP contribution in [0.1, 0.15) is 52.6 Å². The van der Waals surface area contributed by atoms with Crippen LogP contribution in [0.5, 0.6) is 0 Å². The third kappa shape index (κ3) is 2.59. The first-order chi connectivity index (χ1) is 16.4. The lowest BCUT2D eigenvalue weighted by Gasteiger charge is -2.31.